The number of nitrogens with zero attached hydrogens (tertiary/aromatic N) is 4. The van der Waals surface area contributed by atoms with Crippen molar-refractivity contribution in [1.29, 1.82) is 0 Å². The number of amides is 1. The van der Waals surface area contributed by atoms with Crippen LogP contribution in [0.3, 0.4) is 0 Å². The van der Waals surface area contributed by atoms with Gasteiger partial charge < -0.3 is 10.2 Å². The minimum Gasteiger partial charge on any atom is -0.378 e. The summed E-state index contributed by atoms with van der Waals surface area (Å²) in [4.78, 5) is 19.7. The Morgan fingerprint density at radius 3 is 2.47 bits per heavy atom. The summed E-state index contributed by atoms with van der Waals surface area (Å²) >= 11 is 0. The summed E-state index contributed by atoms with van der Waals surface area (Å²) in [5.74, 6) is 0.184. The number of aliphatic imine (C=N–C) groups is 1. The second kappa shape index (κ2) is 9.68. The lowest BCUT2D eigenvalue weighted by Crippen LogP contribution is -2.36. The van der Waals surface area contributed by atoms with Crippen LogP contribution in [-0.2, 0) is 13.6 Å². The number of aromatic nitrogens is 2. The maximum Gasteiger partial charge on any atom is 0.258 e. The number of carbonyl (C=O) groups is 1. The van der Waals surface area contributed by atoms with Gasteiger partial charge in [-0.25, -0.2) is 4.99 Å². The molecule has 7 nitrogen and oxygen atoms in total. The first-order chi connectivity index (χ1) is 15.2. The van der Waals surface area contributed by atoms with Crippen molar-refractivity contribution < 1.29 is 4.79 Å². The predicted octanol–water partition coefficient (Wildman–Crippen LogP) is 4.12. The molecule has 1 amide bonds. The van der Waals surface area contributed by atoms with Crippen LogP contribution in [0.5, 0.6) is 0 Å². The van der Waals surface area contributed by atoms with Crippen molar-refractivity contribution in [3.8, 4) is 0 Å². The average Bonchev–Trinajstić information content (AvgIpc) is 2.99. The van der Waals surface area contributed by atoms with Crippen molar-refractivity contribution in [2.24, 2.45) is 12.0 Å². The topological polar surface area (TPSA) is 74.5 Å². The summed E-state index contributed by atoms with van der Waals surface area (Å²) in [5, 5.41) is 10.7. The van der Waals surface area contributed by atoms with Gasteiger partial charge in [0.2, 0.25) is 5.96 Å². The third kappa shape index (κ3) is 5.35. The fourth-order valence-corrected chi connectivity index (χ4v) is 3.50. The van der Waals surface area contributed by atoms with Crippen LogP contribution in [0.2, 0.25) is 0 Å². The molecule has 0 aliphatic heterocycles. The van der Waals surface area contributed by atoms with Gasteiger partial charge in [-0.1, -0.05) is 23.8 Å². The van der Waals surface area contributed by atoms with E-state index in [1.54, 1.807) is 6.07 Å². The SMILES string of the molecule is Cc1ccc(NC(=NCc2c(C)nn(C)c2C)NC(=O)c2cccc(N(C)C)c2)c(C)c1. The zero-order chi connectivity index (χ0) is 23.4. The van der Waals surface area contributed by atoms with E-state index in [2.05, 4.69) is 28.7 Å². The smallest absolute Gasteiger partial charge is 0.258 e. The molecule has 7 heteroatoms. The van der Waals surface area contributed by atoms with Gasteiger partial charge in [0.25, 0.3) is 5.91 Å². The van der Waals surface area contributed by atoms with Crippen LogP contribution in [-0.4, -0.2) is 35.7 Å². The van der Waals surface area contributed by atoms with Crippen LogP contribution in [0.15, 0.2) is 47.5 Å². The van der Waals surface area contributed by atoms with E-state index in [0.717, 1.165) is 33.9 Å². The first-order valence-corrected chi connectivity index (χ1v) is 10.6. The van der Waals surface area contributed by atoms with Crippen molar-refractivity contribution >= 4 is 23.2 Å². The molecule has 0 bridgehead atoms. The molecule has 168 valence electrons. The highest BCUT2D eigenvalue weighted by Crippen LogP contribution is 2.18. The molecule has 1 heterocycles. The van der Waals surface area contributed by atoms with Gasteiger partial charge in [0.1, 0.15) is 0 Å². The summed E-state index contributed by atoms with van der Waals surface area (Å²) in [5.41, 5.74) is 7.73. The van der Waals surface area contributed by atoms with E-state index in [1.165, 1.54) is 5.56 Å². The highest BCUT2D eigenvalue weighted by atomic mass is 16.1. The minimum absolute atomic E-state index is 0.218. The van der Waals surface area contributed by atoms with Crippen LogP contribution < -0.4 is 15.5 Å². The predicted molar refractivity (Wildman–Crippen MR) is 132 cm³/mol. The van der Waals surface area contributed by atoms with Gasteiger partial charge in [-0.2, -0.15) is 5.10 Å². The second-order valence-corrected chi connectivity index (χ2v) is 8.28. The average molecular weight is 433 g/mol. The lowest BCUT2D eigenvalue weighted by Gasteiger charge is -2.16. The van der Waals surface area contributed by atoms with E-state index >= 15 is 0 Å². The number of carbonyl (C=O) groups excluding carboxylic acids is 1. The van der Waals surface area contributed by atoms with Gasteiger partial charge in [-0.3, -0.25) is 14.8 Å². The number of hydrogen-bond acceptors (Lipinski definition) is 4. The summed E-state index contributed by atoms with van der Waals surface area (Å²) < 4.78 is 1.85. The normalized spacial score (nSPS) is 11.4. The number of aryl methyl sites for hydroxylation is 4. The largest absolute Gasteiger partial charge is 0.378 e. The monoisotopic (exact) mass is 432 g/mol. The highest BCUT2D eigenvalue weighted by molar-refractivity contribution is 6.10. The lowest BCUT2D eigenvalue weighted by molar-refractivity contribution is 0.0977. The van der Waals surface area contributed by atoms with E-state index in [1.807, 2.05) is 81.8 Å². The maximum absolute atomic E-state index is 13.0. The number of guanidine groups is 1. The molecular weight excluding hydrogens is 400 g/mol. The molecule has 0 aliphatic rings. The van der Waals surface area contributed by atoms with E-state index < -0.39 is 0 Å². The van der Waals surface area contributed by atoms with Crippen LogP contribution in [0, 0.1) is 27.7 Å². The highest BCUT2D eigenvalue weighted by Gasteiger charge is 2.13. The standard InChI is InChI=1S/C25H32N6O/c1-16-11-12-23(17(2)13-16)27-25(26-15-22-18(3)29-31(7)19(22)4)28-24(32)20-9-8-10-21(14-20)30(5)6/h8-14H,15H2,1-7H3,(H2,26,27,28,32). The summed E-state index contributed by atoms with van der Waals surface area (Å²) in [6, 6.07) is 13.6. The molecule has 2 N–H and O–H groups in total. The van der Waals surface area contributed by atoms with Gasteiger partial charge in [0.05, 0.1) is 12.2 Å². The molecule has 0 unspecified atom stereocenters. The zero-order valence-corrected chi connectivity index (χ0v) is 19.9. The van der Waals surface area contributed by atoms with Crippen molar-refractivity contribution in [2.45, 2.75) is 34.2 Å². The lowest BCUT2D eigenvalue weighted by atomic mass is 10.1. The Morgan fingerprint density at radius 2 is 1.84 bits per heavy atom. The summed E-state index contributed by atoms with van der Waals surface area (Å²) in [6.45, 7) is 8.49. The molecule has 0 fully saturated rings. The van der Waals surface area contributed by atoms with Gasteiger partial charge in [0.15, 0.2) is 0 Å². The number of rotatable bonds is 5. The van der Waals surface area contributed by atoms with Crippen molar-refractivity contribution in [1.82, 2.24) is 15.1 Å². The van der Waals surface area contributed by atoms with Crippen molar-refractivity contribution in [3.63, 3.8) is 0 Å². The molecule has 0 saturated carbocycles. The molecule has 2 aromatic carbocycles. The molecule has 3 aromatic rings. The van der Waals surface area contributed by atoms with Crippen LogP contribution in [0.4, 0.5) is 11.4 Å². The van der Waals surface area contributed by atoms with Crippen molar-refractivity contribution in [3.05, 3.63) is 76.1 Å². The number of hydrogen-bond donors (Lipinski definition) is 2. The first kappa shape index (κ1) is 23.1. The minimum atomic E-state index is -0.218. The Labute approximate surface area is 190 Å². The van der Waals surface area contributed by atoms with Gasteiger partial charge in [0, 0.05) is 49.3 Å². The second-order valence-electron chi connectivity index (χ2n) is 8.28. The molecule has 32 heavy (non-hydrogen) atoms. The molecular formula is C25H32N6O. The van der Waals surface area contributed by atoms with Gasteiger partial charge in [-0.05, 0) is 57.5 Å². The van der Waals surface area contributed by atoms with E-state index in [4.69, 9.17) is 4.99 Å². The number of benzene rings is 2. The van der Waals surface area contributed by atoms with Crippen LogP contribution in [0.1, 0.15) is 38.4 Å². The third-order valence-corrected chi connectivity index (χ3v) is 5.55. The Morgan fingerprint density at radius 1 is 1.09 bits per heavy atom. The number of anilines is 2. The maximum atomic E-state index is 13.0. The Kier molecular flexibility index (Phi) is 6.98. The fraction of sp³-hybridized carbons (Fsp3) is 0.320. The molecule has 1 aromatic heterocycles. The molecule has 0 radical (unpaired) electrons. The Balaban J connectivity index is 1.90. The van der Waals surface area contributed by atoms with Crippen LogP contribution >= 0.6 is 0 Å². The summed E-state index contributed by atoms with van der Waals surface area (Å²) in [6.07, 6.45) is 0. The molecule has 0 aliphatic carbocycles. The quantitative estimate of drug-likeness (QED) is 0.470. The molecule has 0 saturated heterocycles. The van der Waals surface area contributed by atoms with E-state index in [9.17, 15) is 4.79 Å². The van der Waals surface area contributed by atoms with Gasteiger partial charge in [-0.15, -0.1) is 0 Å². The van der Waals surface area contributed by atoms with E-state index in [0.29, 0.717) is 18.1 Å². The fourth-order valence-electron chi connectivity index (χ4n) is 3.50. The van der Waals surface area contributed by atoms with Crippen LogP contribution in [0.25, 0.3) is 0 Å². The zero-order valence-electron chi connectivity index (χ0n) is 19.9. The summed E-state index contributed by atoms with van der Waals surface area (Å²) in [7, 11) is 5.82. The molecule has 3 rings (SSSR count). The number of nitrogens with one attached hydrogen (secondary N) is 2. The van der Waals surface area contributed by atoms with Crippen molar-refractivity contribution in [2.75, 3.05) is 24.3 Å². The Hall–Kier alpha value is -3.61. The first-order valence-electron chi connectivity index (χ1n) is 10.6. The Bertz CT molecular complexity index is 1160. The van der Waals surface area contributed by atoms with Gasteiger partial charge >= 0.3 is 0 Å². The molecule has 0 atom stereocenters. The molecule has 0 spiro atoms. The third-order valence-electron chi connectivity index (χ3n) is 5.55. The van der Waals surface area contributed by atoms with E-state index in [-0.39, 0.29) is 5.91 Å².